The molecule has 0 saturated heterocycles. The Morgan fingerprint density at radius 3 is 2.40 bits per heavy atom. The molecular weight excluding hydrogens is 346 g/mol. The number of nitrogens with zero attached hydrogens (tertiary/aromatic N) is 6. The zero-order chi connectivity index (χ0) is 18.8. The van der Waals surface area contributed by atoms with Gasteiger partial charge in [0.2, 0.25) is 16.0 Å². The molecule has 10 nitrogen and oxygen atoms in total. The van der Waals surface area contributed by atoms with Crippen molar-refractivity contribution in [2.45, 2.75) is 38.8 Å². The van der Waals surface area contributed by atoms with E-state index in [0.717, 1.165) is 0 Å². The Morgan fingerprint density at radius 2 is 1.88 bits per heavy atom. The monoisotopic (exact) mass is 369 g/mol. The van der Waals surface area contributed by atoms with E-state index < -0.39 is 10.0 Å². The molecule has 0 aromatic carbocycles. The fraction of sp³-hybridized carbons (Fsp3) is 0.571. The molecule has 0 amide bonds. The van der Waals surface area contributed by atoms with E-state index in [1.165, 1.54) is 7.11 Å². The lowest BCUT2D eigenvalue weighted by Gasteiger charge is -2.12. The van der Waals surface area contributed by atoms with Crippen molar-refractivity contribution in [3.8, 4) is 6.01 Å². The number of aromatic nitrogens is 5. The first-order chi connectivity index (χ1) is 11.7. The van der Waals surface area contributed by atoms with Gasteiger partial charge in [0.05, 0.1) is 25.0 Å². The summed E-state index contributed by atoms with van der Waals surface area (Å²) in [7, 11) is 1.23. The van der Waals surface area contributed by atoms with E-state index in [0.29, 0.717) is 23.9 Å². The molecule has 0 aliphatic heterocycles. The number of anilines is 1. The molecule has 2 rings (SSSR count). The van der Waals surface area contributed by atoms with Gasteiger partial charge in [-0.15, -0.1) is 0 Å². The lowest BCUT2D eigenvalue weighted by Crippen LogP contribution is -2.26. The van der Waals surface area contributed by atoms with Crippen LogP contribution in [0.3, 0.4) is 0 Å². The predicted octanol–water partition coefficient (Wildman–Crippen LogP) is 0.258. The summed E-state index contributed by atoms with van der Waals surface area (Å²) >= 11 is 0. The zero-order valence-electron chi connectivity index (χ0n) is 15.2. The largest absolute Gasteiger partial charge is 0.467 e. The van der Waals surface area contributed by atoms with Crippen molar-refractivity contribution in [1.29, 1.82) is 0 Å². The summed E-state index contributed by atoms with van der Waals surface area (Å²) < 4.78 is 34.6. The van der Waals surface area contributed by atoms with Gasteiger partial charge in [0.15, 0.2) is 5.82 Å². The van der Waals surface area contributed by atoms with Gasteiger partial charge in [-0.05, 0) is 20.8 Å². The zero-order valence-corrected chi connectivity index (χ0v) is 16.0. The molecule has 0 radical (unpaired) electrons. The van der Waals surface area contributed by atoms with Crippen molar-refractivity contribution in [1.82, 2.24) is 29.5 Å². The molecule has 0 aliphatic carbocycles. The van der Waals surface area contributed by atoms with Crippen LogP contribution in [0.1, 0.15) is 24.1 Å². The van der Waals surface area contributed by atoms with Crippen molar-refractivity contribution in [2.75, 3.05) is 26.1 Å². The van der Waals surface area contributed by atoms with Crippen LogP contribution < -0.4 is 14.4 Å². The van der Waals surface area contributed by atoms with Gasteiger partial charge in [-0.1, -0.05) is 0 Å². The Morgan fingerprint density at radius 1 is 1.20 bits per heavy atom. The summed E-state index contributed by atoms with van der Waals surface area (Å²) in [4.78, 5) is 14.3. The Kier molecular flexibility index (Phi) is 5.58. The van der Waals surface area contributed by atoms with E-state index in [9.17, 15) is 8.42 Å². The third kappa shape index (κ3) is 4.04. The molecule has 2 aromatic rings. The van der Waals surface area contributed by atoms with Gasteiger partial charge in [-0.3, -0.25) is 4.68 Å². The van der Waals surface area contributed by atoms with E-state index in [1.54, 1.807) is 37.5 Å². The Balaban J connectivity index is 2.29. The van der Waals surface area contributed by atoms with Crippen LogP contribution in [0.2, 0.25) is 0 Å². The van der Waals surface area contributed by atoms with E-state index in [2.05, 4.69) is 24.8 Å². The second-order valence-corrected chi connectivity index (χ2v) is 7.28. The van der Waals surface area contributed by atoms with E-state index in [-0.39, 0.29) is 23.3 Å². The molecule has 2 heterocycles. The van der Waals surface area contributed by atoms with Gasteiger partial charge in [0, 0.05) is 20.6 Å². The maximum Gasteiger partial charge on any atom is 0.321 e. The lowest BCUT2D eigenvalue weighted by atomic mass is 10.4. The Hall–Kier alpha value is -2.27. The van der Waals surface area contributed by atoms with Crippen molar-refractivity contribution >= 4 is 16.0 Å². The first kappa shape index (κ1) is 19.1. The number of ether oxygens (including phenoxy) is 1. The van der Waals surface area contributed by atoms with Gasteiger partial charge in [-0.2, -0.15) is 20.1 Å². The van der Waals surface area contributed by atoms with Crippen LogP contribution >= 0.6 is 0 Å². The first-order valence-corrected chi connectivity index (χ1v) is 9.17. The van der Waals surface area contributed by atoms with Crippen LogP contribution in [0.4, 0.5) is 5.95 Å². The Bertz CT molecular complexity index is 862. The number of sulfonamides is 1. The molecule has 25 heavy (non-hydrogen) atoms. The number of hydrogen-bond donors (Lipinski definition) is 1. The summed E-state index contributed by atoms with van der Waals surface area (Å²) in [6.45, 7) is 5.82. The highest BCUT2D eigenvalue weighted by atomic mass is 32.2. The minimum atomic E-state index is -3.75. The summed E-state index contributed by atoms with van der Waals surface area (Å²) in [5.41, 5.74) is 1.05. The molecule has 0 fully saturated rings. The minimum absolute atomic E-state index is 0.0851. The summed E-state index contributed by atoms with van der Waals surface area (Å²) in [5, 5.41) is 4.24. The minimum Gasteiger partial charge on any atom is -0.467 e. The molecular formula is C14H23N7O3S. The Labute approximate surface area is 147 Å². The highest BCUT2D eigenvalue weighted by Crippen LogP contribution is 2.19. The van der Waals surface area contributed by atoms with E-state index >= 15 is 0 Å². The standard InChI is InChI=1S/C14H23N7O3S/c1-7-21-10(3)12(9(2)19-21)25(22,23)15-8-11-16-13(20(4)5)18-14(17-11)24-6/h15H,7-8H2,1-6H3. The molecule has 2 aromatic heterocycles. The fourth-order valence-corrected chi connectivity index (χ4v) is 3.75. The van der Waals surface area contributed by atoms with Crippen LogP contribution in [0.15, 0.2) is 4.90 Å². The molecule has 0 bridgehead atoms. The van der Waals surface area contributed by atoms with Gasteiger partial charge in [0.25, 0.3) is 0 Å². The molecule has 0 aliphatic rings. The third-order valence-corrected chi connectivity index (χ3v) is 5.19. The second-order valence-electron chi connectivity index (χ2n) is 5.57. The topological polar surface area (TPSA) is 115 Å². The van der Waals surface area contributed by atoms with Crippen LogP contribution in [0.5, 0.6) is 6.01 Å². The van der Waals surface area contributed by atoms with Gasteiger partial charge in [-0.25, -0.2) is 13.1 Å². The van der Waals surface area contributed by atoms with E-state index in [4.69, 9.17) is 4.74 Å². The number of methoxy groups -OCH3 is 1. The normalized spacial score (nSPS) is 11.6. The van der Waals surface area contributed by atoms with Gasteiger partial charge < -0.3 is 9.64 Å². The van der Waals surface area contributed by atoms with Crippen molar-refractivity contribution in [3.05, 3.63) is 17.2 Å². The number of aryl methyl sites for hydroxylation is 2. The molecule has 138 valence electrons. The molecule has 0 saturated carbocycles. The van der Waals surface area contributed by atoms with E-state index in [1.807, 2.05) is 6.92 Å². The van der Waals surface area contributed by atoms with Crippen LogP contribution in [-0.2, 0) is 23.1 Å². The lowest BCUT2D eigenvalue weighted by molar-refractivity contribution is 0.375. The highest BCUT2D eigenvalue weighted by Gasteiger charge is 2.24. The maximum atomic E-state index is 12.7. The smallest absolute Gasteiger partial charge is 0.321 e. The highest BCUT2D eigenvalue weighted by molar-refractivity contribution is 7.89. The predicted molar refractivity (Wildman–Crippen MR) is 92.1 cm³/mol. The summed E-state index contributed by atoms with van der Waals surface area (Å²) in [6, 6.07) is 0.124. The average Bonchev–Trinajstić information content (AvgIpc) is 2.87. The quantitative estimate of drug-likeness (QED) is 0.739. The summed E-state index contributed by atoms with van der Waals surface area (Å²) in [5.74, 6) is 0.643. The summed E-state index contributed by atoms with van der Waals surface area (Å²) in [6.07, 6.45) is 0. The number of rotatable bonds is 7. The third-order valence-electron chi connectivity index (χ3n) is 3.54. The number of nitrogens with one attached hydrogen (secondary N) is 1. The fourth-order valence-electron chi connectivity index (χ4n) is 2.37. The SMILES string of the molecule is CCn1nc(C)c(S(=O)(=O)NCc2nc(OC)nc(N(C)C)n2)c1C. The van der Waals surface area contributed by atoms with Crippen molar-refractivity contribution in [3.63, 3.8) is 0 Å². The molecule has 0 unspecified atom stereocenters. The van der Waals surface area contributed by atoms with Crippen LogP contribution in [0, 0.1) is 13.8 Å². The van der Waals surface area contributed by atoms with Crippen LogP contribution in [0.25, 0.3) is 0 Å². The molecule has 1 N–H and O–H groups in total. The molecule has 0 spiro atoms. The molecule has 0 atom stereocenters. The number of hydrogen-bond acceptors (Lipinski definition) is 8. The average molecular weight is 369 g/mol. The maximum absolute atomic E-state index is 12.7. The first-order valence-electron chi connectivity index (χ1n) is 7.69. The van der Waals surface area contributed by atoms with Crippen LogP contribution in [-0.4, -0.2) is 54.4 Å². The molecule has 11 heteroatoms. The van der Waals surface area contributed by atoms with Gasteiger partial charge >= 0.3 is 6.01 Å². The second kappa shape index (κ2) is 7.31. The van der Waals surface area contributed by atoms with Crippen molar-refractivity contribution in [2.24, 2.45) is 0 Å². The van der Waals surface area contributed by atoms with Crippen molar-refractivity contribution < 1.29 is 13.2 Å². The van der Waals surface area contributed by atoms with Gasteiger partial charge in [0.1, 0.15) is 4.90 Å².